The normalized spacial score (nSPS) is 21.1. The Morgan fingerprint density at radius 2 is 1.90 bits per heavy atom. The first-order chi connectivity index (χ1) is 9.69. The van der Waals surface area contributed by atoms with Crippen molar-refractivity contribution < 1.29 is 13.5 Å². The van der Waals surface area contributed by atoms with Crippen molar-refractivity contribution in [3.8, 4) is 5.75 Å². The van der Waals surface area contributed by atoms with Gasteiger partial charge in [0, 0.05) is 29.7 Å². The zero-order chi connectivity index (χ0) is 14.1. The Hall–Kier alpha value is -1.94. The van der Waals surface area contributed by atoms with Crippen LogP contribution in [0.5, 0.6) is 5.75 Å². The molecule has 4 heteroatoms. The first kappa shape index (κ1) is 13.1. The van der Waals surface area contributed by atoms with Crippen LogP contribution >= 0.6 is 0 Å². The van der Waals surface area contributed by atoms with Crippen LogP contribution in [0.1, 0.15) is 29.7 Å². The van der Waals surface area contributed by atoms with E-state index >= 15 is 0 Å². The number of halogens is 2. The van der Waals surface area contributed by atoms with E-state index < -0.39 is 17.7 Å². The number of ether oxygens (including phenoxy) is 1. The fourth-order valence-electron chi connectivity index (χ4n) is 2.64. The summed E-state index contributed by atoms with van der Waals surface area (Å²) in [5.74, 6) is -0.399. The van der Waals surface area contributed by atoms with E-state index in [1.165, 1.54) is 12.1 Å². The molecule has 0 saturated carbocycles. The highest BCUT2D eigenvalue weighted by molar-refractivity contribution is 5.39. The summed E-state index contributed by atoms with van der Waals surface area (Å²) >= 11 is 0. The van der Waals surface area contributed by atoms with Gasteiger partial charge in [-0.1, -0.05) is 18.2 Å². The maximum atomic E-state index is 13.9. The molecule has 0 spiro atoms. The third kappa shape index (κ3) is 2.27. The molecule has 1 aliphatic heterocycles. The molecule has 0 radical (unpaired) electrons. The molecule has 2 aromatic rings. The molecule has 0 aromatic heterocycles. The fourth-order valence-corrected chi connectivity index (χ4v) is 2.64. The Kier molecular flexibility index (Phi) is 3.40. The van der Waals surface area contributed by atoms with Crippen molar-refractivity contribution in [2.75, 3.05) is 7.05 Å². The fraction of sp³-hybridized carbons (Fsp3) is 0.250. The SMILES string of the molecule is CNC1CC(c2ccc(F)cc2F)Oc2ccccc21. The molecule has 0 fully saturated rings. The van der Waals surface area contributed by atoms with Gasteiger partial charge in [-0.3, -0.25) is 0 Å². The van der Waals surface area contributed by atoms with Gasteiger partial charge in [0.1, 0.15) is 23.5 Å². The molecule has 1 N–H and O–H groups in total. The Morgan fingerprint density at radius 1 is 1.10 bits per heavy atom. The lowest BCUT2D eigenvalue weighted by atomic mass is 9.93. The minimum atomic E-state index is -0.576. The average Bonchev–Trinajstić information content (AvgIpc) is 2.46. The number of rotatable bonds is 2. The molecule has 2 atom stereocenters. The van der Waals surface area contributed by atoms with Crippen LogP contribution in [0.2, 0.25) is 0 Å². The monoisotopic (exact) mass is 275 g/mol. The lowest BCUT2D eigenvalue weighted by Crippen LogP contribution is -2.27. The third-order valence-electron chi connectivity index (χ3n) is 3.67. The van der Waals surface area contributed by atoms with Crippen LogP contribution in [0.15, 0.2) is 42.5 Å². The van der Waals surface area contributed by atoms with Crippen molar-refractivity contribution in [1.29, 1.82) is 0 Å². The topological polar surface area (TPSA) is 21.3 Å². The number of para-hydroxylation sites is 1. The second-order valence-corrected chi connectivity index (χ2v) is 4.89. The Labute approximate surface area is 116 Å². The van der Waals surface area contributed by atoms with Gasteiger partial charge in [-0.2, -0.15) is 0 Å². The number of nitrogens with one attached hydrogen (secondary N) is 1. The smallest absolute Gasteiger partial charge is 0.133 e. The summed E-state index contributed by atoms with van der Waals surface area (Å²) in [4.78, 5) is 0. The molecule has 1 aliphatic rings. The number of fused-ring (bicyclic) bond motifs is 1. The second-order valence-electron chi connectivity index (χ2n) is 4.89. The van der Waals surface area contributed by atoms with Crippen molar-refractivity contribution in [1.82, 2.24) is 5.32 Å². The molecule has 1 heterocycles. The lowest BCUT2D eigenvalue weighted by molar-refractivity contribution is 0.150. The summed E-state index contributed by atoms with van der Waals surface area (Å²) < 4.78 is 32.8. The number of hydrogen-bond acceptors (Lipinski definition) is 2. The van der Waals surface area contributed by atoms with Crippen molar-refractivity contribution in [3.05, 3.63) is 65.2 Å². The molecule has 2 unspecified atom stereocenters. The lowest BCUT2D eigenvalue weighted by Gasteiger charge is -2.32. The van der Waals surface area contributed by atoms with E-state index in [2.05, 4.69) is 5.32 Å². The number of benzene rings is 2. The summed E-state index contributed by atoms with van der Waals surface area (Å²) in [6.07, 6.45) is 0.193. The first-order valence-corrected chi connectivity index (χ1v) is 6.57. The van der Waals surface area contributed by atoms with Crippen LogP contribution in [0.4, 0.5) is 8.78 Å². The van der Waals surface area contributed by atoms with E-state index in [-0.39, 0.29) is 6.04 Å². The quantitative estimate of drug-likeness (QED) is 0.901. The predicted octanol–water partition coefficient (Wildman–Crippen LogP) is 3.75. The van der Waals surface area contributed by atoms with Crippen LogP contribution in [0.25, 0.3) is 0 Å². The van der Waals surface area contributed by atoms with Crippen molar-refractivity contribution in [2.24, 2.45) is 0 Å². The second kappa shape index (κ2) is 5.21. The van der Waals surface area contributed by atoms with Crippen LogP contribution < -0.4 is 10.1 Å². The van der Waals surface area contributed by atoms with E-state index in [4.69, 9.17) is 4.74 Å². The zero-order valence-electron chi connectivity index (χ0n) is 11.1. The van der Waals surface area contributed by atoms with E-state index in [1.54, 1.807) is 0 Å². The van der Waals surface area contributed by atoms with Gasteiger partial charge in [0.25, 0.3) is 0 Å². The average molecular weight is 275 g/mol. The summed E-state index contributed by atoms with van der Waals surface area (Å²) in [5, 5.41) is 3.21. The van der Waals surface area contributed by atoms with Crippen LogP contribution in [0.3, 0.4) is 0 Å². The Balaban J connectivity index is 1.97. The molecule has 0 bridgehead atoms. The first-order valence-electron chi connectivity index (χ1n) is 6.57. The summed E-state index contributed by atoms with van der Waals surface area (Å²) in [6.45, 7) is 0. The molecule has 0 amide bonds. The third-order valence-corrected chi connectivity index (χ3v) is 3.67. The standard InChI is InChI=1S/C16H15F2NO/c1-19-14-9-16(11-7-6-10(17)8-13(11)18)20-15-5-3-2-4-12(14)15/h2-8,14,16,19H,9H2,1H3. The van der Waals surface area contributed by atoms with Crippen LogP contribution in [-0.2, 0) is 0 Å². The van der Waals surface area contributed by atoms with Gasteiger partial charge in [0.05, 0.1) is 0 Å². The molecule has 104 valence electrons. The van der Waals surface area contributed by atoms with Crippen molar-refractivity contribution >= 4 is 0 Å². The zero-order valence-corrected chi connectivity index (χ0v) is 11.1. The highest BCUT2D eigenvalue weighted by Gasteiger charge is 2.29. The van der Waals surface area contributed by atoms with Crippen LogP contribution in [-0.4, -0.2) is 7.05 Å². The van der Waals surface area contributed by atoms with Crippen molar-refractivity contribution in [2.45, 2.75) is 18.6 Å². The molecule has 3 rings (SSSR count). The Morgan fingerprint density at radius 3 is 2.65 bits per heavy atom. The summed E-state index contributed by atoms with van der Waals surface area (Å²) in [5.41, 5.74) is 1.45. The van der Waals surface area contributed by atoms with Gasteiger partial charge >= 0.3 is 0 Å². The molecule has 2 nitrogen and oxygen atoms in total. The molecular formula is C16H15F2NO. The minimum Gasteiger partial charge on any atom is -0.485 e. The van der Waals surface area contributed by atoms with E-state index in [0.29, 0.717) is 12.0 Å². The number of hydrogen-bond donors (Lipinski definition) is 1. The highest BCUT2D eigenvalue weighted by atomic mass is 19.1. The van der Waals surface area contributed by atoms with Crippen molar-refractivity contribution in [3.63, 3.8) is 0 Å². The maximum Gasteiger partial charge on any atom is 0.133 e. The maximum absolute atomic E-state index is 13.9. The predicted molar refractivity (Wildman–Crippen MR) is 72.6 cm³/mol. The molecule has 0 aliphatic carbocycles. The largest absolute Gasteiger partial charge is 0.485 e. The molecule has 2 aromatic carbocycles. The van der Waals surface area contributed by atoms with Gasteiger partial charge in [-0.25, -0.2) is 8.78 Å². The van der Waals surface area contributed by atoms with Gasteiger partial charge in [0.2, 0.25) is 0 Å². The molecular weight excluding hydrogens is 260 g/mol. The Bertz CT molecular complexity index is 630. The summed E-state index contributed by atoms with van der Waals surface area (Å²) in [6, 6.07) is 11.4. The van der Waals surface area contributed by atoms with Gasteiger partial charge in [-0.15, -0.1) is 0 Å². The molecule has 0 saturated heterocycles. The van der Waals surface area contributed by atoms with E-state index in [1.807, 2.05) is 31.3 Å². The van der Waals surface area contributed by atoms with E-state index in [9.17, 15) is 8.78 Å². The molecule has 20 heavy (non-hydrogen) atoms. The van der Waals surface area contributed by atoms with E-state index in [0.717, 1.165) is 17.4 Å². The van der Waals surface area contributed by atoms with Gasteiger partial charge < -0.3 is 10.1 Å². The highest BCUT2D eigenvalue weighted by Crippen LogP contribution is 2.41. The van der Waals surface area contributed by atoms with Crippen LogP contribution in [0, 0.1) is 11.6 Å². The minimum absolute atomic E-state index is 0.0920. The van der Waals surface area contributed by atoms with Gasteiger partial charge in [0.15, 0.2) is 0 Å². The summed E-state index contributed by atoms with van der Waals surface area (Å²) in [7, 11) is 1.87. The van der Waals surface area contributed by atoms with Gasteiger partial charge in [-0.05, 0) is 25.2 Å².